The number of aryl methyl sites for hydroxylation is 1. The van der Waals surface area contributed by atoms with E-state index in [4.69, 9.17) is 0 Å². The fourth-order valence-electron chi connectivity index (χ4n) is 3.63. The van der Waals surface area contributed by atoms with Gasteiger partial charge in [0.05, 0.1) is 17.0 Å². The van der Waals surface area contributed by atoms with Crippen LogP contribution in [0.3, 0.4) is 0 Å². The molecule has 0 aliphatic heterocycles. The van der Waals surface area contributed by atoms with Crippen LogP contribution in [-0.4, -0.2) is 26.4 Å². The summed E-state index contributed by atoms with van der Waals surface area (Å²) < 4.78 is 1.90. The van der Waals surface area contributed by atoms with E-state index in [2.05, 4.69) is 21.5 Å². The molecule has 2 heterocycles. The van der Waals surface area contributed by atoms with Crippen molar-refractivity contribution in [3.05, 3.63) is 52.2 Å². The van der Waals surface area contributed by atoms with Crippen molar-refractivity contribution >= 4 is 34.0 Å². The molecule has 1 saturated carbocycles. The zero-order valence-corrected chi connectivity index (χ0v) is 17.4. The van der Waals surface area contributed by atoms with Gasteiger partial charge in [-0.3, -0.25) is 4.79 Å². The van der Waals surface area contributed by atoms with Gasteiger partial charge in [0, 0.05) is 10.8 Å². The van der Waals surface area contributed by atoms with E-state index in [1.54, 1.807) is 11.3 Å². The summed E-state index contributed by atoms with van der Waals surface area (Å²) >= 11 is 2.87. The molecule has 2 aliphatic rings. The second-order valence-electron chi connectivity index (χ2n) is 7.28. The number of para-hydroxylation sites is 1. The number of benzene rings is 1. The number of nitrogens with one attached hydrogen (secondary N) is 1. The number of carbonyl (C=O) groups excluding carboxylic acids is 1. The number of thiophene rings is 1. The number of nitriles is 1. The van der Waals surface area contributed by atoms with E-state index in [-0.39, 0.29) is 11.7 Å². The first-order valence-electron chi connectivity index (χ1n) is 9.72. The highest BCUT2D eigenvalue weighted by atomic mass is 32.2. The number of nitrogens with zero attached hydrogens (tertiary/aromatic N) is 4. The van der Waals surface area contributed by atoms with E-state index in [9.17, 15) is 10.1 Å². The van der Waals surface area contributed by atoms with Gasteiger partial charge in [0.2, 0.25) is 11.1 Å². The Morgan fingerprint density at radius 3 is 2.90 bits per heavy atom. The minimum Gasteiger partial charge on any atom is -0.316 e. The summed E-state index contributed by atoms with van der Waals surface area (Å²) in [6.45, 7) is 0. The topological polar surface area (TPSA) is 83.6 Å². The highest BCUT2D eigenvalue weighted by Gasteiger charge is 2.30. The fourth-order valence-corrected chi connectivity index (χ4v) is 5.52. The van der Waals surface area contributed by atoms with Crippen molar-refractivity contribution in [3.8, 4) is 11.8 Å². The van der Waals surface area contributed by atoms with Crippen LogP contribution in [0.25, 0.3) is 5.69 Å². The van der Waals surface area contributed by atoms with Crippen LogP contribution in [0.2, 0.25) is 0 Å². The number of hydrogen-bond donors (Lipinski definition) is 1. The Kier molecular flexibility index (Phi) is 4.86. The van der Waals surface area contributed by atoms with E-state index in [1.807, 2.05) is 35.0 Å². The van der Waals surface area contributed by atoms with Crippen molar-refractivity contribution in [2.45, 2.75) is 43.2 Å². The summed E-state index contributed by atoms with van der Waals surface area (Å²) in [6.07, 6.45) is 5.30. The maximum atomic E-state index is 12.5. The molecule has 2 aliphatic carbocycles. The summed E-state index contributed by atoms with van der Waals surface area (Å²) in [6, 6.07) is 12.2. The summed E-state index contributed by atoms with van der Waals surface area (Å²) in [4.78, 5) is 18.4. The smallest absolute Gasteiger partial charge is 0.235 e. The third kappa shape index (κ3) is 3.68. The third-order valence-electron chi connectivity index (χ3n) is 5.17. The molecule has 29 heavy (non-hydrogen) atoms. The van der Waals surface area contributed by atoms with Crippen molar-refractivity contribution < 1.29 is 4.79 Å². The molecule has 8 heteroatoms. The molecule has 1 fully saturated rings. The second kappa shape index (κ2) is 7.65. The first kappa shape index (κ1) is 18.4. The second-order valence-corrected chi connectivity index (χ2v) is 9.33. The molecule has 0 unspecified atom stereocenters. The first-order chi connectivity index (χ1) is 14.2. The average molecular weight is 422 g/mol. The predicted molar refractivity (Wildman–Crippen MR) is 114 cm³/mol. The molecule has 0 saturated heterocycles. The summed E-state index contributed by atoms with van der Waals surface area (Å²) in [5, 5.41) is 18.3. The van der Waals surface area contributed by atoms with E-state index in [0.717, 1.165) is 49.2 Å². The Morgan fingerprint density at radius 1 is 1.31 bits per heavy atom. The summed E-state index contributed by atoms with van der Waals surface area (Å²) in [7, 11) is 0. The van der Waals surface area contributed by atoms with Gasteiger partial charge < -0.3 is 5.32 Å². The minimum atomic E-state index is -0.129. The van der Waals surface area contributed by atoms with Crippen LogP contribution < -0.4 is 5.32 Å². The van der Waals surface area contributed by atoms with Crippen LogP contribution in [-0.2, 0) is 17.6 Å². The molecule has 0 bridgehead atoms. The molecule has 2 aromatic heterocycles. The van der Waals surface area contributed by atoms with Crippen LogP contribution in [0.15, 0.2) is 35.5 Å². The first-order valence-corrected chi connectivity index (χ1v) is 11.5. The van der Waals surface area contributed by atoms with Gasteiger partial charge in [-0.05, 0) is 49.8 Å². The monoisotopic (exact) mass is 421 g/mol. The van der Waals surface area contributed by atoms with Crippen molar-refractivity contribution in [2.75, 3.05) is 11.1 Å². The lowest BCUT2D eigenvalue weighted by atomic mass is 10.1. The lowest BCUT2D eigenvalue weighted by Gasteiger charge is -2.03. The Morgan fingerprint density at radius 2 is 2.14 bits per heavy atom. The zero-order valence-electron chi connectivity index (χ0n) is 15.7. The Hall–Kier alpha value is -2.63. The number of amides is 1. The van der Waals surface area contributed by atoms with E-state index < -0.39 is 0 Å². The van der Waals surface area contributed by atoms with Crippen LogP contribution in [0.4, 0.5) is 5.00 Å². The van der Waals surface area contributed by atoms with E-state index >= 15 is 0 Å². The predicted octanol–water partition coefficient (Wildman–Crippen LogP) is 4.30. The SMILES string of the molecule is N#Cc1c(NC(=O)CSc2nc(C3CC3)n(-c3ccccc3)n2)sc2c1CCC2. The molecular formula is C21H19N5OS2. The molecular weight excluding hydrogens is 402 g/mol. The molecule has 1 aromatic carbocycles. The molecule has 6 nitrogen and oxygen atoms in total. The standard InChI is InChI=1S/C21H19N5OS2/c22-11-16-15-7-4-8-17(15)29-20(16)23-18(27)12-28-21-24-19(13-9-10-13)26(25-21)14-5-2-1-3-6-14/h1-3,5-6,13H,4,7-10,12H2,(H,23,27). The van der Waals surface area contributed by atoms with Gasteiger partial charge in [-0.1, -0.05) is 30.0 Å². The highest BCUT2D eigenvalue weighted by molar-refractivity contribution is 7.99. The van der Waals surface area contributed by atoms with E-state index in [0.29, 0.717) is 21.6 Å². The number of rotatable bonds is 6. The molecule has 0 spiro atoms. The van der Waals surface area contributed by atoms with Crippen LogP contribution in [0.1, 0.15) is 47.0 Å². The van der Waals surface area contributed by atoms with Gasteiger partial charge in [0.1, 0.15) is 16.9 Å². The number of carbonyl (C=O) groups is 1. The Balaban J connectivity index is 1.28. The molecule has 146 valence electrons. The quantitative estimate of drug-likeness (QED) is 0.600. The Labute approximate surface area is 177 Å². The number of thioether (sulfide) groups is 1. The normalized spacial score (nSPS) is 15.1. The highest BCUT2D eigenvalue weighted by Crippen LogP contribution is 2.41. The van der Waals surface area contributed by atoms with Gasteiger partial charge >= 0.3 is 0 Å². The fraction of sp³-hybridized carbons (Fsp3) is 0.333. The lowest BCUT2D eigenvalue weighted by molar-refractivity contribution is -0.113. The average Bonchev–Trinajstić information content (AvgIpc) is 3.18. The third-order valence-corrected chi connectivity index (χ3v) is 7.22. The lowest BCUT2D eigenvalue weighted by Crippen LogP contribution is -2.14. The van der Waals surface area contributed by atoms with Crippen LogP contribution in [0.5, 0.6) is 0 Å². The van der Waals surface area contributed by atoms with Gasteiger partial charge in [-0.2, -0.15) is 5.26 Å². The molecule has 1 N–H and O–H groups in total. The molecule has 1 amide bonds. The van der Waals surface area contributed by atoms with Crippen molar-refractivity contribution in [3.63, 3.8) is 0 Å². The largest absolute Gasteiger partial charge is 0.316 e. The molecule has 5 rings (SSSR count). The number of fused-ring (bicyclic) bond motifs is 1. The minimum absolute atomic E-state index is 0.129. The summed E-state index contributed by atoms with van der Waals surface area (Å²) in [5.74, 6) is 1.52. The van der Waals surface area contributed by atoms with Crippen molar-refractivity contribution in [2.24, 2.45) is 0 Å². The molecule has 0 atom stereocenters. The number of aromatic nitrogens is 3. The maximum Gasteiger partial charge on any atom is 0.235 e. The summed E-state index contributed by atoms with van der Waals surface area (Å²) in [5.41, 5.74) is 2.76. The number of hydrogen-bond acceptors (Lipinski definition) is 6. The molecule has 3 aromatic rings. The number of anilines is 1. The van der Waals surface area contributed by atoms with Gasteiger partial charge in [-0.25, -0.2) is 9.67 Å². The van der Waals surface area contributed by atoms with Crippen molar-refractivity contribution in [1.29, 1.82) is 5.26 Å². The van der Waals surface area contributed by atoms with Gasteiger partial charge in [0.15, 0.2) is 0 Å². The van der Waals surface area contributed by atoms with Gasteiger partial charge in [0.25, 0.3) is 0 Å². The molecule has 0 radical (unpaired) electrons. The van der Waals surface area contributed by atoms with Gasteiger partial charge in [-0.15, -0.1) is 16.4 Å². The maximum absolute atomic E-state index is 12.5. The zero-order chi connectivity index (χ0) is 19.8. The Bertz CT molecular complexity index is 1110. The van der Waals surface area contributed by atoms with E-state index in [1.165, 1.54) is 16.6 Å². The van der Waals surface area contributed by atoms with Crippen LogP contribution >= 0.6 is 23.1 Å². The van der Waals surface area contributed by atoms with Crippen molar-refractivity contribution in [1.82, 2.24) is 14.8 Å². The van der Waals surface area contributed by atoms with Crippen LogP contribution in [0, 0.1) is 11.3 Å².